The number of fused-ring (bicyclic) bond motifs is 4. The van der Waals surface area contributed by atoms with Crippen LogP contribution in [0.5, 0.6) is 11.5 Å². The summed E-state index contributed by atoms with van der Waals surface area (Å²) in [6, 6.07) is 34.7. The minimum absolute atomic E-state index is 0.274. The van der Waals surface area contributed by atoms with E-state index in [0.717, 1.165) is 11.5 Å². The third-order valence-corrected chi connectivity index (χ3v) is 6.50. The summed E-state index contributed by atoms with van der Waals surface area (Å²) in [6.07, 6.45) is 0. The summed E-state index contributed by atoms with van der Waals surface area (Å²) >= 11 is 0. The van der Waals surface area contributed by atoms with Gasteiger partial charge in [-0.2, -0.15) is 0 Å². The van der Waals surface area contributed by atoms with E-state index in [0.29, 0.717) is 0 Å². The van der Waals surface area contributed by atoms with Crippen LogP contribution in [-0.4, -0.2) is 0 Å². The van der Waals surface area contributed by atoms with Gasteiger partial charge in [-0.3, -0.25) is 0 Å². The first-order valence-electron chi connectivity index (χ1n) is 10.5. The van der Waals surface area contributed by atoms with Crippen molar-refractivity contribution in [2.75, 3.05) is 0 Å². The first kappa shape index (κ1) is 17.3. The monoisotopic (exact) mass is 386 g/mol. The molecule has 1 aliphatic carbocycles. The van der Waals surface area contributed by atoms with Crippen molar-refractivity contribution in [1.29, 1.82) is 0 Å². The third-order valence-electron chi connectivity index (χ3n) is 6.50. The number of aryl methyl sites for hydroxylation is 2. The van der Waals surface area contributed by atoms with E-state index in [2.05, 4.69) is 111 Å². The summed E-state index contributed by atoms with van der Waals surface area (Å²) in [5.74, 6) is 2.00. The SMILES string of the molecule is Cc1cccc2c1Oc1c(C)cccc1C21C(c2ccccc2)=C1c1ccccc1. The van der Waals surface area contributed by atoms with Gasteiger partial charge in [0.05, 0.1) is 5.41 Å². The Kier molecular flexibility index (Phi) is 3.58. The van der Waals surface area contributed by atoms with Gasteiger partial charge in [0.2, 0.25) is 0 Å². The van der Waals surface area contributed by atoms with E-state index in [-0.39, 0.29) is 5.41 Å². The van der Waals surface area contributed by atoms with Gasteiger partial charge in [0, 0.05) is 11.1 Å². The van der Waals surface area contributed by atoms with E-state index in [4.69, 9.17) is 4.74 Å². The Bertz CT molecular complexity index is 1210. The van der Waals surface area contributed by atoms with Crippen molar-refractivity contribution in [3.8, 4) is 11.5 Å². The molecule has 0 atom stereocenters. The van der Waals surface area contributed by atoms with Gasteiger partial charge in [-0.25, -0.2) is 0 Å². The Balaban J connectivity index is 1.72. The van der Waals surface area contributed by atoms with Gasteiger partial charge < -0.3 is 4.74 Å². The van der Waals surface area contributed by atoms with Gasteiger partial charge in [0.25, 0.3) is 0 Å². The number of benzene rings is 4. The van der Waals surface area contributed by atoms with Crippen molar-refractivity contribution in [1.82, 2.24) is 0 Å². The lowest BCUT2D eigenvalue weighted by molar-refractivity contribution is 0.443. The second kappa shape index (κ2) is 6.21. The van der Waals surface area contributed by atoms with E-state index in [1.54, 1.807) is 0 Å². The highest BCUT2D eigenvalue weighted by molar-refractivity contribution is 6.23. The number of rotatable bonds is 2. The van der Waals surface area contributed by atoms with Crippen molar-refractivity contribution in [2.24, 2.45) is 0 Å². The first-order chi connectivity index (χ1) is 14.7. The van der Waals surface area contributed by atoms with Gasteiger partial charge in [-0.1, -0.05) is 97.1 Å². The van der Waals surface area contributed by atoms with Crippen LogP contribution in [0.4, 0.5) is 0 Å². The lowest BCUT2D eigenvalue weighted by atomic mass is 9.75. The van der Waals surface area contributed by atoms with Crippen molar-refractivity contribution < 1.29 is 4.74 Å². The van der Waals surface area contributed by atoms with Gasteiger partial charge in [-0.15, -0.1) is 0 Å². The maximum absolute atomic E-state index is 6.56. The molecule has 6 rings (SSSR count). The molecule has 0 unspecified atom stereocenters. The van der Waals surface area contributed by atoms with Crippen LogP contribution in [0.1, 0.15) is 33.4 Å². The average molecular weight is 386 g/mol. The zero-order chi connectivity index (χ0) is 20.3. The Labute approximate surface area is 177 Å². The molecule has 0 radical (unpaired) electrons. The molecule has 144 valence electrons. The van der Waals surface area contributed by atoms with Crippen LogP contribution in [0.25, 0.3) is 11.1 Å². The largest absolute Gasteiger partial charge is 0.456 e. The fourth-order valence-electron chi connectivity index (χ4n) is 5.16. The molecule has 1 heteroatoms. The number of ether oxygens (including phenoxy) is 1. The van der Waals surface area contributed by atoms with E-state index in [1.807, 2.05) is 0 Å². The molecule has 0 aromatic heterocycles. The van der Waals surface area contributed by atoms with E-state index in [9.17, 15) is 0 Å². The molecule has 2 aliphatic rings. The molecule has 1 aliphatic heterocycles. The molecule has 0 amide bonds. The molecule has 30 heavy (non-hydrogen) atoms. The topological polar surface area (TPSA) is 9.23 Å². The molecule has 0 bridgehead atoms. The summed E-state index contributed by atoms with van der Waals surface area (Å²) < 4.78 is 6.56. The lowest BCUT2D eigenvalue weighted by Gasteiger charge is -2.33. The second-order valence-electron chi connectivity index (χ2n) is 8.24. The smallest absolute Gasteiger partial charge is 0.135 e. The molecule has 1 heterocycles. The third kappa shape index (κ3) is 2.18. The van der Waals surface area contributed by atoms with Gasteiger partial charge >= 0.3 is 0 Å². The molecule has 4 aromatic carbocycles. The van der Waals surface area contributed by atoms with Gasteiger partial charge in [0.1, 0.15) is 11.5 Å². The lowest BCUT2D eigenvalue weighted by Crippen LogP contribution is -2.22. The predicted molar refractivity (Wildman–Crippen MR) is 123 cm³/mol. The number of hydrogen-bond acceptors (Lipinski definition) is 1. The van der Waals surface area contributed by atoms with Crippen molar-refractivity contribution >= 4 is 11.1 Å². The summed E-state index contributed by atoms with van der Waals surface area (Å²) in [5.41, 5.74) is 9.89. The summed E-state index contributed by atoms with van der Waals surface area (Å²) in [7, 11) is 0. The molecule has 1 nitrogen and oxygen atoms in total. The minimum atomic E-state index is -0.274. The Morgan fingerprint density at radius 3 is 1.37 bits per heavy atom. The zero-order valence-corrected chi connectivity index (χ0v) is 17.1. The Morgan fingerprint density at radius 2 is 0.933 bits per heavy atom. The Hall–Kier alpha value is -3.58. The minimum Gasteiger partial charge on any atom is -0.456 e. The van der Waals surface area contributed by atoms with E-state index >= 15 is 0 Å². The summed E-state index contributed by atoms with van der Waals surface area (Å²) in [5, 5.41) is 0. The molecule has 1 spiro atoms. The summed E-state index contributed by atoms with van der Waals surface area (Å²) in [4.78, 5) is 0. The molecular formula is C29H22O. The average Bonchev–Trinajstić information content (AvgIpc) is 3.47. The van der Waals surface area contributed by atoms with Crippen LogP contribution in [0.3, 0.4) is 0 Å². The fourth-order valence-corrected chi connectivity index (χ4v) is 5.16. The first-order valence-corrected chi connectivity index (χ1v) is 10.5. The highest BCUT2D eigenvalue weighted by Gasteiger charge is 2.60. The van der Waals surface area contributed by atoms with E-state index < -0.39 is 0 Å². The molecule has 0 saturated carbocycles. The van der Waals surface area contributed by atoms with Crippen LogP contribution < -0.4 is 4.74 Å². The van der Waals surface area contributed by atoms with Crippen LogP contribution in [-0.2, 0) is 5.41 Å². The number of allylic oxidation sites excluding steroid dienone is 2. The van der Waals surface area contributed by atoms with Crippen LogP contribution in [0.15, 0.2) is 97.1 Å². The highest BCUT2D eigenvalue weighted by Crippen LogP contribution is 2.72. The molecule has 0 fully saturated rings. The quantitative estimate of drug-likeness (QED) is 0.351. The van der Waals surface area contributed by atoms with Crippen molar-refractivity contribution in [3.05, 3.63) is 130 Å². The zero-order valence-electron chi connectivity index (χ0n) is 17.1. The van der Waals surface area contributed by atoms with E-state index in [1.165, 1.54) is 44.5 Å². The maximum atomic E-state index is 6.56. The van der Waals surface area contributed by atoms with Gasteiger partial charge in [0.15, 0.2) is 0 Å². The second-order valence-corrected chi connectivity index (χ2v) is 8.24. The Morgan fingerprint density at radius 1 is 0.500 bits per heavy atom. The van der Waals surface area contributed by atoms with Crippen LogP contribution in [0, 0.1) is 13.8 Å². The van der Waals surface area contributed by atoms with Crippen molar-refractivity contribution in [3.63, 3.8) is 0 Å². The summed E-state index contributed by atoms with van der Waals surface area (Å²) in [6.45, 7) is 4.28. The number of hydrogen-bond donors (Lipinski definition) is 0. The molecule has 0 N–H and O–H groups in total. The van der Waals surface area contributed by atoms with Crippen LogP contribution in [0.2, 0.25) is 0 Å². The maximum Gasteiger partial charge on any atom is 0.135 e. The number of para-hydroxylation sites is 2. The van der Waals surface area contributed by atoms with Crippen LogP contribution >= 0.6 is 0 Å². The fraction of sp³-hybridized carbons (Fsp3) is 0.103. The highest BCUT2D eigenvalue weighted by atomic mass is 16.5. The predicted octanol–water partition coefficient (Wildman–Crippen LogP) is 7.32. The standard InChI is InChI=1S/C29H22O/c1-19-11-9-17-23-27(19)30-28-20(2)12-10-18-24(28)29(23)25(21-13-5-3-6-14-21)26(29)22-15-7-4-8-16-22/h3-18H,1-2H3. The molecular weight excluding hydrogens is 364 g/mol. The van der Waals surface area contributed by atoms with Crippen molar-refractivity contribution in [2.45, 2.75) is 19.3 Å². The van der Waals surface area contributed by atoms with Gasteiger partial charge in [-0.05, 0) is 47.2 Å². The normalized spacial score (nSPS) is 15.4. The molecule has 4 aromatic rings. The molecule has 0 saturated heterocycles.